The number of ether oxygens (including phenoxy) is 1. The molecule has 1 radical (unpaired) electrons. The first kappa shape index (κ1) is 35.5. The van der Waals surface area contributed by atoms with Gasteiger partial charge in [0, 0.05) is 50.2 Å². The van der Waals surface area contributed by atoms with Crippen molar-refractivity contribution in [3.8, 4) is 28.3 Å². The molecule has 2 aromatic carbocycles. The molecule has 1 amide bonds. The zero-order chi connectivity index (χ0) is 33.0. The Kier molecular flexibility index (Phi) is 11.7. The van der Waals surface area contributed by atoms with Crippen LogP contribution in [0.25, 0.3) is 33.3 Å². The number of hydrogen-bond acceptors (Lipinski definition) is 8. The molecule has 1 unspecified atom stereocenters. The molecule has 1 aliphatic rings. The van der Waals surface area contributed by atoms with E-state index >= 15 is 0 Å². The Morgan fingerprint density at radius 1 is 1.09 bits per heavy atom. The van der Waals surface area contributed by atoms with Gasteiger partial charge in [-0.1, -0.05) is 49.2 Å². The Hall–Kier alpha value is -4.35. The van der Waals surface area contributed by atoms with Gasteiger partial charge in [-0.05, 0) is 29.2 Å². The van der Waals surface area contributed by atoms with Crippen LogP contribution in [0, 0.1) is 26.1 Å². The van der Waals surface area contributed by atoms with Gasteiger partial charge in [0.15, 0.2) is 5.56 Å². The summed E-state index contributed by atoms with van der Waals surface area (Å²) in [6.07, 6.45) is 5.80. The number of nitrogens with zero attached hydrogens (tertiary/aromatic N) is 5. The minimum Gasteiger partial charge on any atom is -0.480 e. The van der Waals surface area contributed by atoms with Crippen LogP contribution >= 0.6 is 11.6 Å². The summed E-state index contributed by atoms with van der Waals surface area (Å²) in [5.74, 6) is 0.558. The number of aryl methyl sites for hydroxylation is 3. The molecule has 0 spiro atoms. The first-order chi connectivity index (χ1) is 22.1. The van der Waals surface area contributed by atoms with Crippen molar-refractivity contribution in [2.45, 2.75) is 39.3 Å². The zero-order valence-electron chi connectivity index (χ0n) is 26.6. The number of fused-ring (bicyclic) bond motifs is 1. The van der Waals surface area contributed by atoms with Gasteiger partial charge in [0.2, 0.25) is 11.8 Å². The smallest absolute Gasteiger partial charge is 0.480 e. The first-order valence-corrected chi connectivity index (χ1v) is 15.1. The monoisotopic (exact) mass is 694 g/mol. The zero-order valence-corrected chi connectivity index (χ0v) is 28.6. The maximum atomic E-state index is 11.7. The van der Waals surface area contributed by atoms with E-state index in [1.165, 1.54) is 11.6 Å². The number of nitrogens with one attached hydrogen (secondary N) is 2. The summed E-state index contributed by atoms with van der Waals surface area (Å²) in [5, 5.41) is 7.22. The van der Waals surface area contributed by atoms with E-state index in [0.717, 1.165) is 38.9 Å². The van der Waals surface area contributed by atoms with Crippen LogP contribution in [0.5, 0.6) is 5.88 Å². The van der Waals surface area contributed by atoms with E-state index in [0.29, 0.717) is 52.7 Å². The van der Waals surface area contributed by atoms with Crippen LogP contribution in [0.2, 0.25) is 5.02 Å². The second-order valence-electron chi connectivity index (χ2n) is 11.0. The van der Waals surface area contributed by atoms with Crippen molar-refractivity contribution in [2.24, 2.45) is 14.1 Å². The van der Waals surface area contributed by atoms with Crippen molar-refractivity contribution >= 4 is 28.4 Å². The standard InChI is InChI=1S/C24H24ClN4O2.C10H10N3O2.Mn/c1-15-6-3-4-7-17(15)18-8-5-9-19(23(18)25)20-14-27-21(24(29-20)31-2)13-26-12-16-10-11-22(30)28-16;1-6-4-8-7(5-11-6)9(14)13(3)10(15)12(8)2;/h3-5,7-9,14,16,26H,10-13H2,1-2H3,(H,28,30);4H,1-3H3;/q2*-1;+2. The number of amides is 1. The fraction of sp³-hybridized carbons (Fsp3) is 0.294. The quantitative estimate of drug-likeness (QED) is 0.195. The van der Waals surface area contributed by atoms with E-state index in [1.54, 1.807) is 33.3 Å². The summed E-state index contributed by atoms with van der Waals surface area (Å²) in [6, 6.07) is 16.8. The number of hydrogen-bond donors (Lipinski definition) is 2. The second-order valence-corrected chi connectivity index (χ2v) is 11.4. The number of rotatable bonds is 7. The number of aromatic nitrogens is 5. The molecule has 1 fully saturated rings. The van der Waals surface area contributed by atoms with Gasteiger partial charge in [0.25, 0.3) is 0 Å². The third-order valence-corrected chi connectivity index (χ3v) is 8.21. The van der Waals surface area contributed by atoms with Crippen LogP contribution < -0.4 is 26.6 Å². The third kappa shape index (κ3) is 7.80. The summed E-state index contributed by atoms with van der Waals surface area (Å²) < 4.78 is 7.96. The summed E-state index contributed by atoms with van der Waals surface area (Å²) in [4.78, 5) is 47.8. The molecule has 11 nitrogen and oxygen atoms in total. The maximum absolute atomic E-state index is 11.7. The minimum absolute atomic E-state index is 0. The molecule has 47 heavy (non-hydrogen) atoms. The number of pyridine rings is 1. The van der Waals surface area contributed by atoms with Crippen molar-refractivity contribution in [1.82, 2.24) is 34.7 Å². The third-order valence-electron chi connectivity index (χ3n) is 7.80. The molecule has 1 aliphatic heterocycles. The average molecular weight is 695 g/mol. The number of benzene rings is 2. The van der Waals surface area contributed by atoms with Gasteiger partial charge in [0.1, 0.15) is 5.69 Å². The van der Waals surface area contributed by atoms with Crippen LogP contribution in [0.4, 0.5) is 0 Å². The van der Waals surface area contributed by atoms with Gasteiger partial charge in [-0.25, -0.2) is 9.78 Å². The fourth-order valence-electron chi connectivity index (χ4n) is 5.26. The van der Waals surface area contributed by atoms with Crippen molar-refractivity contribution in [1.29, 1.82) is 0 Å². The number of carbonyl (C=O) groups excluding carboxylic acids is 1. The summed E-state index contributed by atoms with van der Waals surface area (Å²) in [5.41, 5.74) is 5.73. The molecule has 0 saturated carbocycles. The minimum atomic E-state index is -0.361. The summed E-state index contributed by atoms with van der Waals surface area (Å²) in [7, 11) is 4.64. The van der Waals surface area contributed by atoms with Crippen molar-refractivity contribution in [2.75, 3.05) is 13.7 Å². The van der Waals surface area contributed by atoms with E-state index in [9.17, 15) is 14.4 Å². The van der Waals surface area contributed by atoms with Crippen LogP contribution in [0.1, 0.15) is 29.8 Å². The summed E-state index contributed by atoms with van der Waals surface area (Å²) >= 11 is 6.78. The van der Waals surface area contributed by atoms with Gasteiger partial charge in [-0.15, -0.1) is 11.6 Å². The average Bonchev–Trinajstić information content (AvgIpc) is 3.48. The fourth-order valence-corrected chi connectivity index (χ4v) is 5.59. The topological polar surface area (TPSA) is 133 Å². The molecule has 2 N–H and O–H groups in total. The number of halogens is 1. The van der Waals surface area contributed by atoms with E-state index in [1.807, 2.05) is 43.3 Å². The number of methoxy groups -OCH3 is 1. The molecule has 4 heterocycles. The molecule has 13 heteroatoms. The Morgan fingerprint density at radius 2 is 1.83 bits per heavy atom. The Bertz CT molecular complexity index is 2050. The Morgan fingerprint density at radius 3 is 2.53 bits per heavy atom. The normalized spacial score (nSPS) is 13.8. The molecular formula is C34H34ClMnN7O4. The number of carbonyl (C=O) groups is 1. The van der Waals surface area contributed by atoms with Crippen molar-refractivity contribution in [3.63, 3.8) is 0 Å². The molecule has 0 bridgehead atoms. The van der Waals surface area contributed by atoms with Gasteiger partial charge in [-0.3, -0.25) is 9.78 Å². The van der Waals surface area contributed by atoms with E-state index in [2.05, 4.69) is 37.8 Å². The van der Waals surface area contributed by atoms with Crippen LogP contribution in [0.15, 0.2) is 58.3 Å². The molecule has 5 aromatic rings. The predicted molar refractivity (Wildman–Crippen MR) is 177 cm³/mol. The largest absolute Gasteiger partial charge is 2.00 e. The predicted octanol–water partition coefficient (Wildman–Crippen LogP) is 3.69. The van der Waals surface area contributed by atoms with Gasteiger partial charge in [0.05, 0.1) is 19.0 Å². The molecule has 243 valence electrons. The molecule has 3 aromatic heterocycles. The van der Waals surface area contributed by atoms with E-state index in [4.69, 9.17) is 16.3 Å². The first-order valence-electron chi connectivity index (χ1n) is 14.7. The van der Waals surface area contributed by atoms with Crippen LogP contribution in [-0.2, 0) is 42.5 Å². The van der Waals surface area contributed by atoms with E-state index < -0.39 is 0 Å². The van der Waals surface area contributed by atoms with Gasteiger partial charge in [-0.2, -0.15) is 29.8 Å². The molecular weight excluding hydrogens is 661 g/mol. The molecule has 1 atom stereocenters. The molecule has 1 saturated heterocycles. The molecule has 0 aliphatic carbocycles. The van der Waals surface area contributed by atoms with Gasteiger partial charge >= 0.3 is 22.8 Å². The SMILES string of the molecule is COc1nc(-c2cccc(-c3ccc[c-]c3C)c2Cl)cnc1CNCC1CCC(=O)N1.Cc1cc2c([c-]n1)c(=O)n(C)c(=O)n2C.[Mn+2]. The molecule has 6 rings (SSSR count). The van der Waals surface area contributed by atoms with Crippen LogP contribution in [-0.4, -0.2) is 49.7 Å². The maximum Gasteiger partial charge on any atom is 2.00 e. The van der Waals surface area contributed by atoms with E-state index in [-0.39, 0.29) is 40.3 Å². The van der Waals surface area contributed by atoms with Gasteiger partial charge < -0.3 is 34.3 Å². The van der Waals surface area contributed by atoms with Crippen LogP contribution in [0.3, 0.4) is 0 Å². The Labute approximate surface area is 287 Å². The van der Waals surface area contributed by atoms with Crippen molar-refractivity contribution < 1.29 is 26.6 Å². The van der Waals surface area contributed by atoms with Crippen molar-refractivity contribution in [3.05, 3.63) is 104 Å². The second kappa shape index (κ2) is 15.5. The Balaban J connectivity index is 0.000000262. The summed E-state index contributed by atoms with van der Waals surface area (Å²) in [6.45, 7) is 4.98.